The van der Waals surface area contributed by atoms with Crippen LogP contribution in [0.3, 0.4) is 0 Å². The molecule has 0 heterocycles. The Labute approximate surface area is 241 Å². The molecule has 3 N–H and O–H groups in total. The summed E-state index contributed by atoms with van der Waals surface area (Å²) < 4.78 is 17.3. The van der Waals surface area contributed by atoms with Gasteiger partial charge in [0.2, 0.25) is 11.8 Å². The van der Waals surface area contributed by atoms with Gasteiger partial charge in [0, 0.05) is 37.8 Å². The van der Waals surface area contributed by atoms with E-state index in [1.165, 1.54) is 26.4 Å². The van der Waals surface area contributed by atoms with Crippen molar-refractivity contribution in [2.45, 2.75) is 37.6 Å². The molecule has 2 aromatic rings. The van der Waals surface area contributed by atoms with Gasteiger partial charge in [-0.15, -0.1) is 0 Å². The van der Waals surface area contributed by atoms with Gasteiger partial charge in [-0.1, -0.05) is 30.3 Å². The molecule has 2 aromatic carbocycles. The third kappa shape index (κ3) is 8.01. The van der Waals surface area contributed by atoms with Crippen LogP contribution in [0.25, 0.3) is 0 Å². The van der Waals surface area contributed by atoms with Gasteiger partial charge in [-0.3, -0.25) is 14.4 Å². The lowest BCUT2D eigenvalue weighted by Crippen LogP contribution is -2.55. The zero-order valence-corrected chi connectivity index (χ0v) is 24.0. The highest BCUT2D eigenvalue weighted by Gasteiger charge is 2.41. The van der Waals surface area contributed by atoms with E-state index in [9.17, 15) is 24.6 Å². The zero-order chi connectivity index (χ0) is 28.4. The highest BCUT2D eigenvalue weighted by Crippen LogP contribution is 2.37. The average Bonchev–Trinajstić information content (AvgIpc) is 2.95. The number of nitrogens with zero attached hydrogens (tertiary/aromatic N) is 1. The van der Waals surface area contributed by atoms with E-state index in [0.29, 0.717) is 26.7 Å². The number of aliphatic hydroxyl groups is 2. The zero-order valence-electron chi connectivity index (χ0n) is 21.8. The number of aldehydes is 1. The minimum atomic E-state index is -1.21. The smallest absolute Gasteiger partial charge is 0.247 e. The van der Waals surface area contributed by atoms with Gasteiger partial charge in [0.05, 0.1) is 36.4 Å². The van der Waals surface area contributed by atoms with E-state index in [2.05, 4.69) is 5.32 Å². The minimum absolute atomic E-state index is 0.0499. The van der Waals surface area contributed by atoms with Gasteiger partial charge >= 0.3 is 0 Å². The van der Waals surface area contributed by atoms with Crippen LogP contribution >= 0.6 is 22.6 Å². The highest BCUT2D eigenvalue weighted by atomic mass is 127. The molecule has 11 heteroatoms. The van der Waals surface area contributed by atoms with Crippen molar-refractivity contribution < 1.29 is 38.8 Å². The molecule has 2 amide bonds. The first-order chi connectivity index (χ1) is 18.8. The summed E-state index contributed by atoms with van der Waals surface area (Å²) in [5, 5.41) is 23.4. The Hall–Kier alpha value is -3.00. The summed E-state index contributed by atoms with van der Waals surface area (Å²) in [6.07, 6.45) is 0.139. The van der Waals surface area contributed by atoms with Crippen LogP contribution < -0.4 is 14.8 Å². The molecule has 0 saturated carbocycles. The van der Waals surface area contributed by atoms with Gasteiger partial charge in [-0.25, -0.2) is 0 Å². The number of hydrogen-bond donors (Lipinski definition) is 3. The maximum atomic E-state index is 13.4. The number of halogens is 1. The number of hydrogen-bond acceptors (Lipinski definition) is 8. The predicted molar refractivity (Wildman–Crippen MR) is 152 cm³/mol. The van der Waals surface area contributed by atoms with Gasteiger partial charge in [0.1, 0.15) is 18.5 Å². The number of rotatable bonds is 13. The number of nitrogens with one attached hydrogen (secondary N) is 1. The van der Waals surface area contributed by atoms with Gasteiger partial charge < -0.3 is 34.6 Å². The topological polar surface area (TPSA) is 135 Å². The van der Waals surface area contributed by atoms with Crippen molar-refractivity contribution in [3.8, 4) is 11.5 Å². The molecule has 0 saturated heterocycles. The van der Waals surface area contributed by atoms with E-state index in [4.69, 9.17) is 14.2 Å². The van der Waals surface area contributed by atoms with E-state index < -0.39 is 24.2 Å². The molecule has 3 atom stereocenters. The van der Waals surface area contributed by atoms with Crippen LogP contribution in [-0.2, 0) is 20.9 Å². The molecule has 0 bridgehead atoms. The lowest BCUT2D eigenvalue weighted by Gasteiger charge is -2.40. The number of benzene rings is 2. The Morgan fingerprint density at radius 3 is 2.59 bits per heavy atom. The molecular formula is C28H33IN2O8. The Bertz CT molecular complexity index is 1170. The number of methoxy groups -OCH3 is 2. The molecule has 0 spiro atoms. The molecule has 0 aromatic heterocycles. The second-order valence-electron chi connectivity index (χ2n) is 8.92. The first kappa shape index (κ1) is 30.5. The molecule has 10 nitrogen and oxygen atoms in total. The monoisotopic (exact) mass is 652 g/mol. The summed E-state index contributed by atoms with van der Waals surface area (Å²) in [4.78, 5) is 39.3. The van der Waals surface area contributed by atoms with Gasteiger partial charge in [0.15, 0.2) is 11.5 Å². The molecule has 1 aliphatic rings. The normalized spacial score (nSPS) is 18.6. The van der Waals surface area contributed by atoms with Crippen LogP contribution in [0.4, 0.5) is 0 Å². The highest BCUT2D eigenvalue weighted by molar-refractivity contribution is 14.1. The first-order valence-electron chi connectivity index (χ1n) is 12.4. The molecule has 1 aliphatic carbocycles. The predicted octanol–water partition coefficient (Wildman–Crippen LogP) is 2.09. The fourth-order valence-electron chi connectivity index (χ4n) is 4.34. The lowest BCUT2D eigenvalue weighted by molar-refractivity contribution is -0.140. The van der Waals surface area contributed by atoms with Crippen molar-refractivity contribution >= 4 is 40.7 Å². The quantitative estimate of drug-likeness (QED) is 0.221. The van der Waals surface area contributed by atoms with Crippen molar-refractivity contribution in [1.29, 1.82) is 0 Å². The second kappa shape index (κ2) is 15.0. The number of carbonyl (C=O) groups excluding carboxylic acids is 3. The summed E-state index contributed by atoms with van der Waals surface area (Å²) >= 11 is 2.01. The molecule has 3 rings (SSSR count). The summed E-state index contributed by atoms with van der Waals surface area (Å²) in [6, 6.07) is 11.7. The third-order valence-corrected chi connectivity index (χ3v) is 7.09. The molecule has 3 unspecified atom stereocenters. The molecule has 210 valence electrons. The fourth-order valence-corrected chi connectivity index (χ4v) is 5.09. The van der Waals surface area contributed by atoms with Gasteiger partial charge in [-0.05, 0) is 46.4 Å². The minimum Gasteiger partial charge on any atom is -0.493 e. The summed E-state index contributed by atoms with van der Waals surface area (Å²) in [7, 11) is 2.94. The standard InChI is InChI=1S/C28H33IN2O8/c1-37-11-8-25(34)31(16-18-6-4-3-5-7-18)22-14-20(28(36)30-9-10-32)15-23(26(22)35)39-27-21(29)12-19(17-33)13-24(27)38-2/h3-7,12-13,15,17,22-23,26,32,35H,8-11,14,16H2,1-2H3,(H,30,36). The number of carbonyl (C=O) groups is 3. The van der Waals surface area contributed by atoms with Crippen LogP contribution in [0, 0.1) is 3.57 Å². The number of amides is 2. The molecule has 39 heavy (non-hydrogen) atoms. The Kier molecular flexibility index (Phi) is 11.7. The van der Waals surface area contributed by atoms with Gasteiger partial charge in [-0.2, -0.15) is 0 Å². The second-order valence-corrected chi connectivity index (χ2v) is 10.1. The Morgan fingerprint density at radius 1 is 1.21 bits per heavy atom. The van der Waals surface area contributed by atoms with Crippen LogP contribution in [-0.4, -0.2) is 85.4 Å². The van der Waals surface area contributed by atoms with Crippen LogP contribution in [0.1, 0.15) is 28.8 Å². The third-order valence-electron chi connectivity index (χ3n) is 6.29. The maximum absolute atomic E-state index is 13.4. The summed E-state index contributed by atoms with van der Waals surface area (Å²) in [5.41, 5.74) is 1.55. The van der Waals surface area contributed by atoms with Crippen molar-refractivity contribution in [2.24, 2.45) is 0 Å². The van der Waals surface area contributed by atoms with E-state index in [-0.39, 0.29) is 50.8 Å². The summed E-state index contributed by atoms with van der Waals surface area (Å²) in [6.45, 7) is 0.219. The fraction of sp³-hybridized carbons (Fsp3) is 0.393. The molecular weight excluding hydrogens is 619 g/mol. The van der Waals surface area contributed by atoms with Crippen molar-refractivity contribution in [3.63, 3.8) is 0 Å². The van der Waals surface area contributed by atoms with Crippen molar-refractivity contribution in [2.75, 3.05) is 34.0 Å². The van der Waals surface area contributed by atoms with E-state index in [1.54, 1.807) is 11.0 Å². The Balaban J connectivity index is 2.02. The van der Waals surface area contributed by atoms with Crippen LogP contribution in [0.5, 0.6) is 11.5 Å². The van der Waals surface area contributed by atoms with Crippen LogP contribution in [0.15, 0.2) is 54.1 Å². The maximum Gasteiger partial charge on any atom is 0.247 e. The van der Waals surface area contributed by atoms with Crippen molar-refractivity contribution in [3.05, 3.63) is 68.8 Å². The largest absolute Gasteiger partial charge is 0.493 e. The number of ether oxygens (including phenoxy) is 3. The average molecular weight is 652 g/mol. The Morgan fingerprint density at radius 2 is 1.95 bits per heavy atom. The van der Waals surface area contributed by atoms with E-state index in [1.807, 2.05) is 52.9 Å². The first-order valence-corrected chi connectivity index (χ1v) is 13.5. The van der Waals surface area contributed by atoms with Crippen molar-refractivity contribution in [1.82, 2.24) is 10.2 Å². The molecule has 0 aliphatic heterocycles. The van der Waals surface area contributed by atoms with Crippen LogP contribution in [0.2, 0.25) is 0 Å². The SMILES string of the molecule is COCCC(=O)N(Cc1ccccc1)C1CC(C(=O)NCCO)=CC(Oc2c(I)cc(C=O)cc2OC)C1O. The lowest BCUT2D eigenvalue weighted by atomic mass is 9.87. The molecule has 0 fully saturated rings. The number of aliphatic hydroxyl groups excluding tert-OH is 2. The van der Waals surface area contributed by atoms with E-state index in [0.717, 1.165) is 5.56 Å². The molecule has 0 radical (unpaired) electrons. The van der Waals surface area contributed by atoms with E-state index >= 15 is 0 Å². The van der Waals surface area contributed by atoms with Gasteiger partial charge in [0.25, 0.3) is 0 Å². The summed E-state index contributed by atoms with van der Waals surface area (Å²) in [5.74, 6) is -0.102.